The molecule has 0 aliphatic heterocycles. The minimum Gasteiger partial charge on any atom is -0.482 e. The van der Waals surface area contributed by atoms with Crippen LogP contribution >= 0.6 is 15.9 Å². The number of carbonyl (C=O) groups is 2. The Balaban J connectivity index is 1.67. The molecule has 0 saturated heterocycles. The van der Waals surface area contributed by atoms with Gasteiger partial charge in [0.15, 0.2) is 13.2 Å². The van der Waals surface area contributed by atoms with E-state index in [1.807, 2.05) is 12.1 Å². The number of carbonyl (C=O) groups excluding carboxylic acids is 2. The lowest BCUT2D eigenvalue weighted by Gasteiger charge is -2.34. The molecule has 1 N–H and O–H groups in total. The van der Waals surface area contributed by atoms with Gasteiger partial charge in [0, 0.05) is 10.5 Å². The first-order valence-corrected chi connectivity index (χ1v) is 9.08. The van der Waals surface area contributed by atoms with E-state index in [0.717, 1.165) is 17.3 Å². The van der Waals surface area contributed by atoms with Crippen LogP contribution in [0.25, 0.3) is 0 Å². The smallest absolute Gasteiger partial charge is 0.344 e. The number of halogens is 1. The highest BCUT2D eigenvalue weighted by Gasteiger charge is 2.28. The van der Waals surface area contributed by atoms with Crippen molar-refractivity contribution >= 4 is 27.8 Å². The van der Waals surface area contributed by atoms with Gasteiger partial charge in [-0.3, -0.25) is 4.79 Å². The third-order valence-electron chi connectivity index (χ3n) is 4.59. The van der Waals surface area contributed by atoms with Crippen molar-refractivity contribution in [3.05, 3.63) is 28.7 Å². The third-order valence-corrected chi connectivity index (χ3v) is 5.12. The van der Waals surface area contributed by atoms with Gasteiger partial charge in [0.2, 0.25) is 0 Å². The molecule has 1 fully saturated rings. The monoisotopic (exact) mass is 397 g/mol. The van der Waals surface area contributed by atoms with E-state index in [0.29, 0.717) is 17.6 Å². The molecule has 1 aromatic rings. The average molecular weight is 398 g/mol. The zero-order valence-corrected chi connectivity index (χ0v) is 15.7. The van der Waals surface area contributed by atoms with Gasteiger partial charge in [-0.15, -0.1) is 0 Å². The zero-order chi connectivity index (χ0) is 17.5. The molecule has 1 aromatic carbocycles. The van der Waals surface area contributed by atoms with Crippen molar-refractivity contribution in [3.8, 4) is 5.75 Å². The van der Waals surface area contributed by atoms with E-state index in [1.54, 1.807) is 12.1 Å². The number of benzene rings is 1. The second-order valence-corrected chi connectivity index (χ2v) is 7.26. The van der Waals surface area contributed by atoms with Gasteiger partial charge in [-0.1, -0.05) is 42.6 Å². The van der Waals surface area contributed by atoms with Crippen molar-refractivity contribution in [2.75, 3.05) is 13.2 Å². The summed E-state index contributed by atoms with van der Waals surface area (Å²) in [6.45, 7) is 3.89. The Morgan fingerprint density at radius 3 is 2.58 bits per heavy atom. The summed E-state index contributed by atoms with van der Waals surface area (Å²) in [5.41, 5.74) is 0. The van der Waals surface area contributed by atoms with Crippen molar-refractivity contribution in [2.24, 2.45) is 11.8 Å². The Kier molecular flexibility index (Phi) is 7.09. The lowest BCUT2D eigenvalue weighted by molar-refractivity contribution is -0.150. The number of rotatable bonds is 6. The van der Waals surface area contributed by atoms with Gasteiger partial charge in [0.05, 0.1) is 0 Å². The SMILES string of the molecule is C[C@@H]1[C@H](C)CCC[C@H]1NC(=O)COC(=O)COc1ccc(Br)cc1. The largest absolute Gasteiger partial charge is 0.482 e. The van der Waals surface area contributed by atoms with Crippen LogP contribution in [0, 0.1) is 11.8 Å². The summed E-state index contributed by atoms with van der Waals surface area (Å²) in [5, 5.41) is 2.97. The van der Waals surface area contributed by atoms with Crippen LogP contribution in [-0.2, 0) is 14.3 Å². The van der Waals surface area contributed by atoms with E-state index in [-0.39, 0.29) is 25.2 Å². The molecule has 3 atom stereocenters. The molecule has 1 saturated carbocycles. The summed E-state index contributed by atoms with van der Waals surface area (Å²) in [7, 11) is 0. The van der Waals surface area contributed by atoms with Gasteiger partial charge < -0.3 is 14.8 Å². The molecule has 0 heterocycles. The minimum absolute atomic E-state index is 0.166. The second-order valence-electron chi connectivity index (χ2n) is 6.34. The fourth-order valence-corrected chi connectivity index (χ4v) is 3.16. The molecule has 24 heavy (non-hydrogen) atoms. The van der Waals surface area contributed by atoms with Gasteiger partial charge in [0.1, 0.15) is 5.75 Å². The van der Waals surface area contributed by atoms with Crippen LogP contribution in [0.15, 0.2) is 28.7 Å². The van der Waals surface area contributed by atoms with Crippen LogP contribution in [-0.4, -0.2) is 31.1 Å². The number of esters is 1. The van der Waals surface area contributed by atoms with Gasteiger partial charge >= 0.3 is 5.97 Å². The average Bonchev–Trinajstić information content (AvgIpc) is 2.56. The highest BCUT2D eigenvalue weighted by atomic mass is 79.9. The summed E-state index contributed by atoms with van der Waals surface area (Å²) in [5.74, 6) is 0.811. The number of hydrogen-bond donors (Lipinski definition) is 1. The molecule has 0 unspecified atom stereocenters. The van der Waals surface area contributed by atoms with Crippen LogP contribution in [0.4, 0.5) is 0 Å². The number of hydrogen-bond acceptors (Lipinski definition) is 4. The van der Waals surface area contributed by atoms with Crippen LogP contribution in [0.1, 0.15) is 33.1 Å². The Morgan fingerprint density at radius 1 is 1.17 bits per heavy atom. The third kappa shape index (κ3) is 5.82. The topological polar surface area (TPSA) is 64.6 Å². The fourth-order valence-electron chi connectivity index (χ4n) is 2.89. The molecule has 0 bridgehead atoms. The lowest BCUT2D eigenvalue weighted by atomic mass is 9.78. The molecule has 6 heteroatoms. The molecular formula is C18H24BrNO4. The molecule has 0 radical (unpaired) electrons. The molecule has 5 nitrogen and oxygen atoms in total. The maximum atomic E-state index is 11.9. The van der Waals surface area contributed by atoms with E-state index >= 15 is 0 Å². The van der Waals surface area contributed by atoms with Gasteiger partial charge in [-0.25, -0.2) is 4.79 Å². The summed E-state index contributed by atoms with van der Waals surface area (Å²) in [6, 6.07) is 7.30. The summed E-state index contributed by atoms with van der Waals surface area (Å²) in [6.07, 6.45) is 3.31. The zero-order valence-electron chi connectivity index (χ0n) is 14.1. The molecular weight excluding hydrogens is 374 g/mol. The van der Waals surface area contributed by atoms with Crippen molar-refractivity contribution < 1.29 is 19.1 Å². The Hall–Kier alpha value is -1.56. The van der Waals surface area contributed by atoms with Crippen molar-refractivity contribution in [1.29, 1.82) is 0 Å². The van der Waals surface area contributed by atoms with E-state index in [9.17, 15) is 9.59 Å². The van der Waals surface area contributed by atoms with Crippen LogP contribution in [0.5, 0.6) is 5.75 Å². The van der Waals surface area contributed by atoms with Crippen molar-refractivity contribution in [3.63, 3.8) is 0 Å². The first-order valence-electron chi connectivity index (χ1n) is 8.29. The molecule has 0 aromatic heterocycles. The Labute approximate surface area is 151 Å². The van der Waals surface area contributed by atoms with E-state index in [4.69, 9.17) is 9.47 Å². The standard InChI is InChI=1S/C18H24BrNO4/c1-12-4-3-5-16(13(12)2)20-17(21)10-24-18(22)11-23-15-8-6-14(19)7-9-15/h6-9,12-13,16H,3-5,10-11H2,1-2H3,(H,20,21)/t12-,13-,16-/m1/s1. The molecule has 1 amide bonds. The highest BCUT2D eigenvalue weighted by Crippen LogP contribution is 2.29. The molecule has 2 rings (SSSR count). The van der Waals surface area contributed by atoms with Gasteiger partial charge in [-0.05, 0) is 42.5 Å². The summed E-state index contributed by atoms with van der Waals surface area (Å²) in [4.78, 5) is 23.6. The summed E-state index contributed by atoms with van der Waals surface area (Å²) >= 11 is 3.32. The predicted molar refractivity (Wildman–Crippen MR) is 94.7 cm³/mol. The van der Waals surface area contributed by atoms with E-state index in [1.165, 1.54) is 6.42 Å². The normalized spacial score (nSPS) is 23.4. The first-order chi connectivity index (χ1) is 11.5. The van der Waals surface area contributed by atoms with Crippen LogP contribution < -0.4 is 10.1 Å². The second kappa shape index (κ2) is 9.06. The van der Waals surface area contributed by atoms with Gasteiger partial charge in [-0.2, -0.15) is 0 Å². The van der Waals surface area contributed by atoms with E-state index in [2.05, 4.69) is 35.1 Å². The number of amides is 1. The minimum atomic E-state index is -0.557. The van der Waals surface area contributed by atoms with Crippen LogP contribution in [0.2, 0.25) is 0 Å². The maximum Gasteiger partial charge on any atom is 0.344 e. The van der Waals surface area contributed by atoms with Crippen molar-refractivity contribution in [1.82, 2.24) is 5.32 Å². The highest BCUT2D eigenvalue weighted by molar-refractivity contribution is 9.10. The van der Waals surface area contributed by atoms with Gasteiger partial charge in [0.25, 0.3) is 5.91 Å². The number of nitrogens with one attached hydrogen (secondary N) is 1. The maximum absolute atomic E-state index is 11.9. The Morgan fingerprint density at radius 2 is 1.88 bits per heavy atom. The molecule has 1 aliphatic carbocycles. The molecule has 1 aliphatic rings. The number of ether oxygens (including phenoxy) is 2. The quantitative estimate of drug-likeness (QED) is 0.747. The summed E-state index contributed by atoms with van der Waals surface area (Å²) < 4.78 is 11.2. The van der Waals surface area contributed by atoms with Crippen LogP contribution in [0.3, 0.4) is 0 Å². The molecule has 132 valence electrons. The van der Waals surface area contributed by atoms with Crippen molar-refractivity contribution in [2.45, 2.75) is 39.2 Å². The lowest BCUT2D eigenvalue weighted by Crippen LogP contribution is -2.45. The molecule has 0 spiro atoms. The Bertz CT molecular complexity index is 561. The predicted octanol–water partition coefficient (Wildman–Crippen LogP) is 3.31. The first kappa shape index (κ1) is 18.8. The fraction of sp³-hybridized carbons (Fsp3) is 0.556. The van der Waals surface area contributed by atoms with E-state index < -0.39 is 5.97 Å².